The number of benzene rings is 2. The molecule has 0 bridgehead atoms. The van der Waals surface area contributed by atoms with E-state index in [0.29, 0.717) is 25.4 Å². The van der Waals surface area contributed by atoms with Crippen LogP contribution in [0.15, 0.2) is 48.5 Å². The predicted molar refractivity (Wildman–Crippen MR) is 81.8 cm³/mol. The molecule has 0 heterocycles. The quantitative estimate of drug-likeness (QED) is 0.483. The number of nitrogens with zero attached hydrogens (tertiary/aromatic N) is 1. The van der Waals surface area contributed by atoms with Crippen molar-refractivity contribution in [2.24, 2.45) is 0 Å². The van der Waals surface area contributed by atoms with E-state index in [1.165, 1.54) is 12.1 Å². The summed E-state index contributed by atoms with van der Waals surface area (Å²) in [5.41, 5.74) is 1.17. The van der Waals surface area contributed by atoms with Crippen molar-refractivity contribution in [1.29, 1.82) is 0 Å². The minimum Gasteiger partial charge on any atom is -0.492 e. The summed E-state index contributed by atoms with van der Waals surface area (Å²) in [6.45, 7) is 1.87. The molecule has 110 valence electrons. The Labute approximate surface area is 127 Å². The van der Waals surface area contributed by atoms with E-state index in [4.69, 9.17) is 16.3 Å². The van der Waals surface area contributed by atoms with Crippen molar-refractivity contribution in [2.45, 2.75) is 6.54 Å². The normalized spacial score (nSPS) is 10.3. The van der Waals surface area contributed by atoms with E-state index in [1.54, 1.807) is 12.1 Å². The molecular formula is C15H15ClN2O3. The third-order valence-electron chi connectivity index (χ3n) is 2.81. The molecule has 5 nitrogen and oxygen atoms in total. The average molecular weight is 307 g/mol. The van der Waals surface area contributed by atoms with E-state index in [9.17, 15) is 10.1 Å². The van der Waals surface area contributed by atoms with E-state index in [1.807, 2.05) is 24.3 Å². The zero-order chi connectivity index (χ0) is 15.1. The first kappa shape index (κ1) is 15.3. The molecule has 0 amide bonds. The van der Waals surface area contributed by atoms with Gasteiger partial charge in [0.25, 0.3) is 5.69 Å². The number of hydrogen-bond donors (Lipinski definition) is 1. The molecule has 0 aliphatic heterocycles. The van der Waals surface area contributed by atoms with Crippen LogP contribution < -0.4 is 10.1 Å². The molecule has 0 unspecified atom stereocenters. The van der Waals surface area contributed by atoms with Crippen molar-refractivity contribution >= 4 is 17.3 Å². The number of nitro benzene ring substituents is 1. The maximum atomic E-state index is 10.5. The Hall–Kier alpha value is -2.11. The molecule has 0 aliphatic carbocycles. The van der Waals surface area contributed by atoms with Crippen LogP contribution in [0.25, 0.3) is 0 Å². The van der Waals surface area contributed by atoms with Crippen molar-refractivity contribution < 1.29 is 9.66 Å². The minimum atomic E-state index is -0.434. The minimum absolute atomic E-state index is 0.0569. The molecular weight excluding hydrogens is 292 g/mol. The van der Waals surface area contributed by atoms with Crippen molar-refractivity contribution in [3.05, 3.63) is 69.2 Å². The first-order chi connectivity index (χ1) is 10.1. The van der Waals surface area contributed by atoms with Gasteiger partial charge < -0.3 is 10.1 Å². The number of non-ortho nitro benzene ring substituents is 1. The fraction of sp³-hybridized carbons (Fsp3) is 0.200. The summed E-state index contributed by atoms with van der Waals surface area (Å²) >= 11 is 5.90. The maximum absolute atomic E-state index is 10.5. The Bertz CT molecular complexity index is 602. The van der Waals surface area contributed by atoms with Crippen molar-refractivity contribution in [3.8, 4) is 5.75 Å². The molecule has 0 aromatic heterocycles. The second kappa shape index (κ2) is 7.61. The fourth-order valence-electron chi connectivity index (χ4n) is 1.78. The molecule has 0 spiro atoms. The van der Waals surface area contributed by atoms with Crippen LogP contribution in [0.2, 0.25) is 5.02 Å². The van der Waals surface area contributed by atoms with E-state index in [2.05, 4.69) is 5.32 Å². The van der Waals surface area contributed by atoms with Gasteiger partial charge in [0, 0.05) is 30.2 Å². The van der Waals surface area contributed by atoms with Crippen LogP contribution >= 0.6 is 11.6 Å². The molecule has 21 heavy (non-hydrogen) atoms. The van der Waals surface area contributed by atoms with Gasteiger partial charge in [-0.1, -0.05) is 23.7 Å². The number of hydrogen-bond acceptors (Lipinski definition) is 4. The van der Waals surface area contributed by atoms with Gasteiger partial charge in [-0.2, -0.15) is 0 Å². The molecule has 6 heteroatoms. The van der Waals surface area contributed by atoms with Gasteiger partial charge in [-0.3, -0.25) is 10.1 Å². The highest BCUT2D eigenvalue weighted by molar-refractivity contribution is 6.30. The van der Waals surface area contributed by atoms with Crippen LogP contribution in [0, 0.1) is 10.1 Å². The summed E-state index contributed by atoms with van der Waals surface area (Å²) in [5.74, 6) is 0.616. The van der Waals surface area contributed by atoms with Crippen LogP contribution in [0.5, 0.6) is 5.75 Å². The van der Waals surface area contributed by atoms with E-state index in [0.717, 1.165) is 10.6 Å². The molecule has 2 rings (SSSR count). The van der Waals surface area contributed by atoms with Crippen LogP contribution in [-0.4, -0.2) is 18.1 Å². The van der Waals surface area contributed by atoms with Crippen molar-refractivity contribution in [3.63, 3.8) is 0 Å². The van der Waals surface area contributed by atoms with Crippen LogP contribution in [0.1, 0.15) is 5.56 Å². The van der Waals surface area contributed by atoms with Crippen molar-refractivity contribution in [1.82, 2.24) is 5.32 Å². The number of halogens is 1. The standard InChI is InChI=1S/C15H15ClN2O3/c16-13-3-1-2-12(10-13)11-17-8-9-21-15-6-4-14(5-7-15)18(19)20/h1-7,10,17H,8-9,11H2. The summed E-state index contributed by atoms with van der Waals surface area (Å²) in [7, 11) is 0. The third kappa shape index (κ3) is 5.06. The number of nitrogens with one attached hydrogen (secondary N) is 1. The zero-order valence-electron chi connectivity index (χ0n) is 11.3. The second-order valence-corrected chi connectivity index (χ2v) is 4.84. The lowest BCUT2D eigenvalue weighted by Crippen LogP contribution is -2.20. The molecule has 2 aromatic rings. The lowest BCUT2D eigenvalue weighted by atomic mass is 10.2. The topological polar surface area (TPSA) is 64.4 Å². The summed E-state index contributed by atoms with van der Waals surface area (Å²) in [6, 6.07) is 13.7. The molecule has 2 aromatic carbocycles. The fourth-order valence-corrected chi connectivity index (χ4v) is 2.00. The van der Waals surface area contributed by atoms with Gasteiger partial charge in [0.05, 0.1) is 4.92 Å². The molecule has 0 radical (unpaired) electrons. The first-order valence-electron chi connectivity index (χ1n) is 6.47. The average Bonchev–Trinajstić information content (AvgIpc) is 2.47. The molecule has 0 atom stereocenters. The number of ether oxygens (including phenoxy) is 1. The highest BCUT2D eigenvalue weighted by atomic mass is 35.5. The Kier molecular flexibility index (Phi) is 5.54. The molecule has 0 aliphatic rings. The molecule has 1 N–H and O–H groups in total. The van der Waals surface area contributed by atoms with Crippen LogP contribution in [0.3, 0.4) is 0 Å². The van der Waals surface area contributed by atoms with Gasteiger partial charge in [-0.25, -0.2) is 0 Å². The first-order valence-corrected chi connectivity index (χ1v) is 6.85. The van der Waals surface area contributed by atoms with Gasteiger partial charge in [0.15, 0.2) is 0 Å². The maximum Gasteiger partial charge on any atom is 0.269 e. The van der Waals surface area contributed by atoms with Gasteiger partial charge in [0.1, 0.15) is 12.4 Å². The number of rotatable bonds is 7. The highest BCUT2D eigenvalue weighted by Crippen LogP contribution is 2.17. The zero-order valence-corrected chi connectivity index (χ0v) is 12.0. The van der Waals surface area contributed by atoms with Gasteiger partial charge in [-0.05, 0) is 29.8 Å². The Balaban J connectivity index is 1.69. The van der Waals surface area contributed by atoms with Gasteiger partial charge in [0.2, 0.25) is 0 Å². The monoisotopic (exact) mass is 306 g/mol. The molecule has 0 saturated heterocycles. The summed E-state index contributed by atoms with van der Waals surface area (Å²) in [4.78, 5) is 10.1. The summed E-state index contributed by atoms with van der Waals surface area (Å²) < 4.78 is 5.49. The SMILES string of the molecule is O=[N+]([O-])c1ccc(OCCNCc2cccc(Cl)c2)cc1. The number of nitro groups is 1. The lowest BCUT2D eigenvalue weighted by Gasteiger charge is -2.07. The van der Waals surface area contributed by atoms with E-state index in [-0.39, 0.29) is 5.69 Å². The Morgan fingerprint density at radius 2 is 1.95 bits per heavy atom. The summed E-state index contributed by atoms with van der Waals surface area (Å²) in [6.07, 6.45) is 0. The van der Waals surface area contributed by atoms with Crippen LogP contribution in [0.4, 0.5) is 5.69 Å². The smallest absolute Gasteiger partial charge is 0.269 e. The van der Waals surface area contributed by atoms with E-state index >= 15 is 0 Å². The van der Waals surface area contributed by atoms with Crippen LogP contribution in [-0.2, 0) is 6.54 Å². The molecule has 0 saturated carbocycles. The van der Waals surface area contributed by atoms with Gasteiger partial charge in [-0.15, -0.1) is 0 Å². The Morgan fingerprint density at radius 1 is 1.19 bits per heavy atom. The predicted octanol–water partition coefficient (Wildman–Crippen LogP) is 3.42. The lowest BCUT2D eigenvalue weighted by molar-refractivity contribution is -0.384. The highest BCUT2D eigenvalue weighted by Gasteiger charge is 2.03. The largest absolute Gasteiger partial charge is 0.492 e. The van der Waals surface area contributed by atoms with Gasteiger partial charge >= 0.3 is 0 Å². The second-order valence-electron chi connectivity index (χ2n) is 4.41. The van der Waals surface area contributed by atoms with E-state index < -0.39 is 4.92 Å². The Morgan fingerprint density at radius 3 is 2.62 bits per heavy atom. The summed E-state index contributed by atoms with van der Waals surface area (Å²) in [5, 5.41) is 14.5. The van der Waals surface area contributed by atoms with Crippen molar-refractivity contribution in [2.75, 3.05) is 13.2 Å². The molecule has 0 fully saturated rings. The third-order valence-corrected chi connectivity index (χ3v) is 3.05.